The molecule has 3 rings (SSSR count). The molecule has 0 unspecified atom stereocenters. The standard InChI is InChI=1S/C22H29N3O4S/c1-18-5-9-20(10-6-18)29-16-15-24(2)17-22(26)23-19-7-11-21(12-8-19)30(27,28)25-13-3-4-14-25/h5-12H,3-4,13-17H2,1-2H3,(H,23,26). The number of hydrogen-bond donors (Lipinski definition) is 1. The van der Waals surface area contributed by atoms with E-state index in [2.05, 4.69) is 5.32 Å². The second-order valence-electron chi connectivity index (χ2n) is 7.58. The van der Waals surface area contributed by atoms with Crippen molar-refractivity contribution in [2.75, 3.05) is 45.2 Å². The van der Waals surface area contributed by atoms with Crippen molar-refractivity contribution >= 4 is 21.6 Å². The van der Waals surface area contributed by atoms with Crippen LogP contribution in [0.5, 0.6) is 5.75 Å². The van der Waals surface area contributed by atoms with Crippen LogP contribution < -0.4 is 10.1 Å². The fraction of sp³-hybridized carbons (Fsp3) is 0.409. The first-order valence-electron chi connectivity index (χ1n) is 10.1. The average molecular weight is 432 g/mol. The number of aryl methyl sites for hydroxylation is 1. The number of amides is 1. The maximum atomic E-state index is 12.6. The molecule has 0 radical (unpaired) electrons. The van der Waals surface area contributed by atoms with Gasteiger partial charge in [-0.15, -0.1) is 0 Å². The number of likely N-dealkylation sites (N-methyl/N-ethyl adjacent to an activating group) is 1. The lowest BCUT2D eigenvalue weighted by Gasteiger charge is -2.17. The number of rotatable bonds is 9. The van der Waals surface area contributed by atoms with Crippen LogP contribution in [0.1, 0.15) is 18.4 Å². The lowest BCUT2D eigenvalue weighted by Crippen LogP contribution is -2.33. The highest BCUT2D eigenvalue weighted by Gasteiger charge is 2.26. The van der Waals surface area contributed by atoms with Crippen molar-refractivity contribution in [3.05, 3.63) is 54.1 Å². The van der Waals surface area contributed by atoms with E-state index >= 15 is 0 Å². The van der Waals surface area contributed by atoms with E-state index in [0.717, 1.165) is 18.6 Å². The van der Waals surface area contributed by atoms with Gasteiger partial charge in [0.1, 0.15) is 12.4 Å². The lowest BCUT2D eigenvalue weighted by molar-refractivity contribution is -0.117. The number of nitrogens with zero attached hydrogens (tertiary/aromatic N) is 2. The number of sulfonamides is 1. The Morgan fingerprint density at radius 3 is 2.33 bits per heavy atom. The summed E-state index contributed by atoms with van der Waals surface area (Å²) >= 11 is 0. The maximum Gasteiger partial charge on any atom is 0.243 e. The van der Waals surface area contributed by atoms with Crippen LogP contribution in [0.2, 0.25) is 0 Å². The van der Waals surface area contributed by atoms with Gasteiger partial charge in [0, 0.05) is 25.3 Å². The second kappa shape index (κ2) is 10.1. The van der Waals surface area contributed by atoms with E-state index in [1.165, 1.54) is 9.87 Å². The molecule has 0 spiro atoms. The Kier molecular flexibility index (Phi) is 7.47. The SMILES string of the molecule is Cc1ccc(OCCN(C)CC(=O)Nc2ccc(S(=O)(=O)N3CCCC3)cc2)cc1. The van der Waals surface area contributed by atoms with Gasteiger partial charge in [-0.1, -0.05) is 17.7 Å². The number of carbonyl (C=O) groups is 1. The minimum absolute atomic E-state index is 0.164. The van der Waals surface area contributed by atoms with Gasteiger partial charge in [-0.2, -0.15) is 4.31 Å². The first-order valence-corrected chi connectivity index (χ1v) is 11.6. The normalized spacial score (nSPS) is 14.8. The van der Waals surface area contributed by atoms with Crippen LogP contribution in [0.4, 0.5) is 5.69 Å². The molecule has 1 N–H and O–H groups in total. The van der Waals surface area contributed by atoms with Crippen molar-refractivity contribution < 1.29 is 17.9 Å². The van der Waals surface area contributed by atoms with Crippen LogP contribution in [-0.2, 0) is 14.8 Å². The predicted molar refractivity (Wildman–Crippen MR) is 117 cm³/mol. The Morgan fingerprint density at radius 1 is 1.07 bits per heavy atom. The van der Waals surface area contributed by atoms with E-state index < -0.39 is 10.0 Å². The molecule has 1 heterocycles. The molecule has 0 bridgehead atoms. The Hall–Kier alpha value is -2.42. The molecular formula is C22H29N3O4S. The Labute approximate surface area is 178 Å². The Morgan fingerprint density at radius 2 is 1.70 bits per heavy atom. The lowest BCUT2D eigenvalue weighted by atomic mass is 10.2. The van der Waals surface area contributed by atoms with Crippen molar-refractivity contribution in [2.24, 2.45) is 0 Å². The Balaban J connectivity index is 1.44. The molecule has 0 aromatic heterocycles. The van der Waals surface area contributed by atoms with Gasteiger partial charge in [-0.25, -0.2) is 8.42 Å². The summed E-state index contributed by atoms with van der Waals surface area (Å²) in [6.07, 6.45) is 1.80. The van der Waals surface area contributed by atoms with Crippen molar-refractivity contribution in [1.82, 2.24) is 9.21 Å². The minimum Gasteiger partial charge on any atom is -0.492 e. The van der Waals surface area contributed by atoms with Crippen LogP contribution >= 0.6 is 0 Å². The smallest absolute Gasteiger partial charge is 0.243 e. The summed E-state index contributed by atoms with van der Waals surface area (Å²) < 4.78 is 32.3. The highest BCUT2D eigenvalue weighted by Crippen LogP contribution is 2.22. The summed E-state index contributed by atoms with van der Waals surface area (Å²) in [7, 11) is -1.59. The van der Waals surface area contributed by atoms with Crippen LogP contribution in [0.25, 0.3) is 0 Å². The predicted octanol–water partition coefficient (Wildman–Crippen LogP) is 2.73. The molecule has 30 heavy (non-hydrogen) atoms. The fourth-order valence-corrected chi connectivity index (χ4v) is 4.78. The topological polar surface area (TPSA) is 79.0 Å². The van der Waals surface area contributed by atoms with Crippen LogP contribution in [-0.4, -0.2) is 63.4 Å². The van der Waals surface area contributed by atoms with E-state index in [1.54, 1.807) is 24.3 Å². The molecule has 2 aromatic carbocycles. The van der Waals surface area contributed by atoms with E-state index in [9.17, 15) is 13.2 Å². The quantitative estimate of drug-likeness (QED) is 0.661. The summed E-state index contributed by atoms with van der Waals surface area (Å²) in [5.74, 6) is 0.644. The molecule has 1 aliphatic heterocycles. The number of anilines is 1. The highest BCUT2D eigenvalue weighted by atomic mass is 32.2. The molecule has 1 amide bonds. The van der Waals surface area contributed by atoms with Crippen molar-refractivity contribution in [3.8, 4) is 5.75 Å². The second-order valence-corrected chi connectivity index (χ2v) is 9.52. The number of carbonyl (C=O) groups excluding carboxylic acids is 1. The van der Waals surface area contributed by atoms with Gasteiger partial charge in [-0.3, -0.25) is 9.69 Å². The molecule has 0 saturated carbocycles. The number of nitrogens with one attached hydrogen (secondary N) is 1. The van der Waals surface area contributed by atoms with Gasteiger partial charge in [0.15, 0.2) is 0 Å². The van der Waals surface area contributed by atoms with Gasteiger partial charge in [0.05, 0.1) is 11.4 Å². The highest BCUT2D eigenvalue weighted by molar-refractivity contribution is 7.89. The third-order valence-electron chi connectivity index (χ3n) is 5.02. The van der Waals surface area contributed by atoms with E-state index in [0.29, 0.717) is 31.9 Å². The third-order valence-corrected chi connectivity index (χ3v) is 6.93. The third kappa shape index (κ3) is 6.04. The largest absolute Gasteiger partial charge is 0.492 e. The molecule has 1 saturated heterocycles. The first kappa shape index (κ1) is 22.3. The summed E-state index contributed by atoms with van der Waals surface area (Å²) in [4.78, 5) is 14.4. The van der Waals surface area contributed by atoms with Crippen molar-refractivity contribution in [1.29, 1.82) is 0 Å². The zero-order valence-electron chi connectivity index (χ0n) is 17.5. The molecular weight excluding hydrogens is 402 g/mol. The maximum absolute atomic E-state index is 12.6. The van der Waals surface area contributed by atoms with E-state index in [-0.39, 0.29) is 17.3 Å². The summed E-state index contributed by atoms with van der Waals surface area (Å²) in [6, 6.07) is 14.2. The average Bonchev–Trinajstić information content (AvgIpc) is 3.25. The number of hydrogen-bond acceptors (Lipinski definition) is 5. The zero-order valence-corrected chi connectivity index (χ0v) is 18.3. The Bertz CT molecular complexity index is 937. The monoisotopic (exact) mass is 431 g/mol. The molecule has 7 nitrogen and oxygen atoms in total. The molecule has 1 aliphatic rings. The molecule has 0 atom stereocenters. The van der Waals surface area contributed by atoms with Crippen LogP contribution in [0.3, 0.4) is 0 Å². The van der Waals surface area contributed by atoms with Crippen molar-refractivity contribution in [3.63, 3.8) is 0 Å². The van der Waals surface area contributed by atoms with Crippen LogP contribution in [0, 0.1) is 6.92 Å². The van der Waals surface area contributed by atoms with Crippen LogP contribution in [0.15, 0.2) is 53.4 Å². The van der Waals surface area contributed by atoms with Gasteiger partial charge in [-0.05, 0) is 63.2 Å². The van der Waals surface area contributed by atoms with Gasteiger partial charge >= 0.3 is 0 Å². The van der Waals surface area contributed by atoms with E-state index in [1.807, 2.05) is 43.1 Å². The molecule has 1 fully saturated rings. The first-order chi connectivity index (χ1) is 14.3. The summed E-state index contributed by atoms with van der Waals surface area (Å²) in [5, 5.41) is 2.81. The van der Waals surface area contributed by atoms with Gasteiger partial charge < -0.3 is 10.1 Å². The van der Waals surface area contributed by atoms with Crippen molar-refractivity contribution in [2.45, 2.75) is 24.7 Å². The fourth-order valence-electron chi connectivity index (χ4n) is 3.27. The molecule has 8 heteroatoms. The van der Waals surface area contributed by atoms with Gasteiger partial charge in [0.2, 0.25) is 15.9 Å². The molecule has 162 valence electrons. The minimum atomic E-state index is -3.44. The van der Waals surface area contributed by atoms with Gasteiger partial charge in [0.25, 0.3) is 0 Å². The summed E-state index contributed by atoms with van der Waals surface area (Å²) in [6.45, 7) is 4.47. The molecule has 0 aliphatic carbocycles. The number of benzene rings is 2. The number of ether oxygens (including phenoxy) is 1. The van der Waals surface area contributed by atoms with E-state index in [4.69, 9.17) is 4.74 Å². The summed E-state index contributed by atoms with van der Waals surface area (Å²) in [5.41, 5.74) is 1.75. The molecule has 2 aromatic rings. The zero-order chi connectivity index (χ0) is 21.6.